The number of allylic oxidation sites excluding steroid dienone is 4. The Kier molecular flexibility index (Phi) is 5.19. The Hall–Kier alpha value is -0.170. The molecule has 0 aliphatic heterocycles. The molecule has 88 valence electrons. The van der Waals surface area contributed by atoms with Crippen LogP contribution in [0.15, 0.2) is 22.0 Å². The molecule has 0 aromatic heterocycles. The minimum Gasteiger partial charge on any atom is -0.0986 e. The summed E-state index contributed by atoms with van der Waals surface area (Å²) in [5.41, 5.74) is 0.498. The Bertz CT molecular complexity index is 228. The average molecular weight is 226 g/mol. The lowest BCUT2D eigenvalue weighted by atomic mass is 9.95. The van der Waals surface area contributed by atoms with Crippen LogP contribution < -0.4 is 0 Å². The zero-order valence-corrected chi connectivity index (χ0v) is 12.4. The van der Waals surface area contributed by atoms with Crippen molar-refractivity contribution in [2.45, 2.75) is 55.4 Å². The molecule has 0 aliphatic rings. The summed E-state index contributed by atoms with van der Waals surface area (Å²) in [5.74, 6) is 0. The van der Waals surface area contributed by atoms with E-state index < -0.39 is 0 Å². The summed E-state index contributed by atoms with van der Waals surface area (Å²) in [5, 5.41) is 0. The number of thioether (sulfide) groups is 1. The van der Waals surface area contributed by atoms with E-state index in [1.165, 1.54) is 9.81 Å². The normalized spacial score (nSPS) is 15.7. The molecular formula is C14H26S. The van der Waals surface area contributed by atoms with Crippen molar-refractivity contribution in [3.8, 4) is 0 Å². The van der Waals surface area contributed by atoms with Gasteiger partial charge >= 0.3 is 0 Å². The van der Waals surface area contributed by atoms with Crippen molar-refractivity contribution in [1.29, 1.82) is 0 Å². The molecule has 0 heterocycles. The van der Waals surface area contributed by atoms with E-state index in [1.54, 1.807) is 0 Å². The Morgan fingerprint density at radius 1 is 0.733 bits per heavy atom. The third-order valence-electron chi connectivity index (χ3n) is 2.22. The molecule has 0 aromatic rings. The van der Waals surface area contributed by atoms with Gasteiger partial charge in [-0.05, 0) is 34.5 Å². The van der Waals surface area contributed by atoms with Crippen LogP contribution in [0.2, 0.25) is 0 Å². The van der Waals surface area contributed by atoms with Crippen molar-refractivity contribution in [1.82, 2.24) is 0 Å². The minimum absolute atomic E-state index is 0.249. The molecule has 0 bridgehead atoms. The molecule has 0 saturated heterocycles. The molecule has 0 radical (unpaired) electrons. The highest BCUT2D eigenvalue weighted by molar-refractivity contribution is 8.06. The van der Waals surface area contributed by atoms with Crippen molar-refractivity contribution >= 4 is 11.8 Å². The van der Waals surface area contributed by atoms with Gasteiger partial charge in [0.25, 0.3) is 0 Å². The van der Waals surface area contributed by atoms with Crippen molar-refractivity contribution in [3.05, 3.63) is 22.0 Å². The van der Waals surface area contributed by atoms with Gasteiger partial charge in [0, 0.05) is 0 Å². The molecular weight excluding hydrogens is 200 g/mol. The summed E-state index contributed by atoms with van der Waals surface area (Å²) in [4.78, 5) is 2.90. The number of hydrogen-bond donors (Lipinski definition) is 0. The van der Waals surface area contributed by atoms with E-state index >= 15 is 0 Å². The molecule has 0 N–H and O–H groups in total. The third kappa shape index (κ3) is 4.92. The van der Waals surface area contributed by atoms with Crippen molar-refractivity contribution in [2.75, 3.05) is 0 Å². The highest BCUT2D eigenvalue weighted by Crippen LogP contribution is 2.44. The Morgan fingerprint density at radius 2 is 1.00 bits per heavy atom. The summed E-state index contributed by atoms with van der Waals surface area (Å²) >= 11 is 1.93. The van der Waals surface area contributed by atoms with E-state index in [9.17, 15) is 0 Å². The average Bonchev–Trinajstić information content (AvgIpc) is 2.01. The maximum atomic E-state index is 2.27. The van der Waals surface area contributed by atoms with E-state index in [4.69, 9.17) is 0 Å². The highest BCUT2D eigenvalue weighted by Gasteiger charge is 2.23. The van der Waals surface area contributed by atoms with Crippen molar-refractivity contribution in [2.24, 2.45) is 10.8 Å². The van der Waals surface area contributed by atoms with Gasteiger partial charge in [-0.1, -0.05) is 65.5 Å². The third-order valence-corrected chi connectivity index (χ3v) is 4.36. The first-order valence-corrected chi connectivity index (χ1v) is 6.46. The van der Waals surface area contributed by atoms with Crippen LogP contribution in [0.3, 0.4) is 0 Å². The molecule has 0 saturated carbocycles. The van der Waals surface area contributed by atoms with Crippen LogP contribution in [-0.2, 0) is 0 Å². The van der Waals surface area contributed by atoms with Gasteiger partial charge in [0.1, 0.15) is 0 Å². The number of hydrogen-bond acceptors (Lipinski definition) is 1. The quantitative estimate of drug-likeness (QED) is 0.589. The Labute approximate surface area is 100 Å². The van der Waals surface area contributed by atoms with Gasteiger partial charge in [0.2, 0.25) is 0 Å². The molecule has 15 heavy (non-hydrogen) atoms. The lowest BCUT2D eigenvalue weighted by Crippen LogP contribution is -2.11. The summed E-state index contributed by atoms with van der Waals surface area (Å²) in [6.45, 7) is 17.9. The fourth-order valence-corrected chi connectivity index (χ4v) is 2.49. The van der Waals surface area contributed by atoms with Crippen molar-refractivity contribution < 1.29 is 0 Å². The SMILES string of the molecule is C/C=C(\S/C(=C\C)C(C)(C)C)C(C)(C)C. The summed E-state index contributed by atoms with van der Waals surface area (Å²) in [6, 6.07) is 0. The van der Waals surface area contributed by atoms with Crippen LogP contribution in [0, 0.1) is 10.8 Å². The second-order valence-corrected chi connectivity index (χ2v) is 6.99. The van der Waals surface area contributed by atoms with Gasteiger partial charge in [0.15, 0.2) is 0 Å². The maximum absolute atomic E-state index is 2.27. The van der Waals surface area contributed by atoms with E-state index in [1.807, 2.05) is 11.8 Å². The fraction of sp³-hybridized carbons (Fsp3) is 0.714. The maximum Gasteiger partial charge on any atom is -0.00719 e. The van der Waals surface area contributed by atoms with Crippen LogP contribution in [-0.4, -0.2) is 0 Å². The molecule has 0 aliphatic carbocycles. The first kappa shape index (κ1) is 14.8. The smallest absolute Gasteiger partial charge is 0.00719 e. The molecule has 1 heteroatoms. The van der Waals surface area contributed by atoms with Crippen LogP contribution in [0.25, 0.3) is 0 Å². The van der Waals surface area contributed by atoms with Gasteiger partial charge in [-0.2, -0.15) is 0 Å². The first-order valence-electron chi connectivity index (χ1n) is 5.64. The minimum atomic E-state index is 0.249. The molecule has 0 atom stereocenters. The second kappa shape index (κ2) is 5.25. The zero-order chi connectivity index (χ0) is 12.3. The van der Waals surface area contributed by atoms with E-state index in [2.05, 4.69) is 67.5 Å². The lowest BCUT2D eigenvalue weighted by Gasteiger charge is -2.28. The molecule has 0 amide bonds. The molecule has 0 aromatic carbocycles. The topological polar surface area (TPSA) is 0 Å². The van der Waals surface area contributed by atoms with E-state index in [0.29, 0.717) is 0 Å². The van der Waals surface area contributed by atoms with Gasteiger partial charge < -0.3 is 0 Å². The lowest BCUT2D eigenvalue weighted by molar-refractivity contribution is 0.523. The fourth-order valence-electron chi connectivity index (χ4n) is 1.41. The monoisotopic (exact) mass is 226 g/mol. The van der Waals surface area contributed by atoms with Crippen molar-refractivity contribution in [3.63, 3.8) is 0 Å². The van der Waals surface area contributed by atoms with Gasteiger partial charge in [0.05, 0.1) is 0 Å². The molecule has 0 spiro atoms. The van der Waals surface area contributed by atoms with E-state index in [0.717, 1.165) is 0 Å². The Balaban J connectivity index is 4.87. The summed E-state index contributed by atoms with van der Waals surface area (Å²) in [6.07, 6.45) is 4.47. The first-order chi connectivity index (χ1) is 6.62. The highest BCUT2D eigenvalue weighted by atomic mass is 32.2. The van der Waals surface area contributed by atoms with Gasteiger partial charge in [-0.25, -0.2) is 0 Å². The van der Waals surface area contributed by atoms with Crippen LogP contribution in [0.5, 0.6) is 0 Å². The van der Waals surface area contributed by atoms with Crippen LogP contribution in [0.1, 0.15) is 55.4 Å². The molecule has 0 rings (SSSR count). The molecule has 0 unspecified atom stereocenters. The van der Waals surface area contributed by atoms with E-state index in [-0.39, 0.29) is 10.8 Å². The van der Waals surface area contributed by atoms with Gasteiger partial charge in [-0.3, -0.25) is 0 Å². The van der Waals surface area contributed by atoms with Gasteiger partial charge in [-0.15, -0.1) is 0 Å². The largest absolute Gasteiger partial charge is 0.0986 e. The second-order valence-electron chi connectivity index (χ2n) is 5.91. The zero-order valence-electron chi connectivity index (χ0n) is 11.6. The standard InChI is InChI=1S/C14H26S/c1-9-11(13(3,4)5)15-12(10-2)14(6,7)8/h9-10H,1-8H3/b11-9-,12-10-. The van der Waals surface area contributed by atoms with Crippen LogP contribution >= 0.6 is 11.8 Å². The predicted molar refractivity (Wildman–Crippen MR) is 74.0 cm³/mol. The Morgan fingerprint density at radius 3 is 1.13 bits per heavy atom. The summed E-state index contributed by atoms with van der Waals surface area (Å²) in [7, 11) is 0. The molecule has 0 fully saturated rings. The van der Waals surface area contributed by atoms with Crippen LogP contribution in [0.4, 0.5) is 0 Å². The summed E-state index contributed by atoms with van der Waals surface area (Å²) < 4.78 is 0. The predicted octanol–water partition coefficient (Wildman–Crippen LogP) is 5.62. The molecule has 0 nitrogen and oxygen atoms in total. The number of rotatable bonds is 2.